The fourth-order valence-corrected chi connectivity index (χ4v) is 2.62. The molecule has 0 atom stereocenters. The van der Waals surface area contributed by atoms with E-state index in [-0.39, 0.29) is 0 Å². The topological polar surface area (TPSA) is 3.24 Å². The van der Waals surface area contributed by atoms with Gasteiger partial charge in [0.1, 0.15) is 0 Å². The highest BCUT2D eigenvalue weighted by Crippen LogP contribution is 2.35. The first kappa shape index (κ1) is 16.7. The summed E-state index contributed by atoms with van der Waals surface area (Å²) in [6, 6.07) is 0. The number of rotatable bonds is 7. The fraction of sp³-hybridized carbons (Fsp3) is 0.875. The zero-order valence-electron chi connectivity index (χ0n) is 13.1. The molecule has 0 saturated heterocycles. The average Bonchev–Trinajstić information content (AvgIpc) is 2.14. The van der Waals surface area contributed by atoms with Crippen LogP contribution in [0.5, 0.6) is 0 Å². The predicted molar refractivity (Wildman–Crippen MR) is 79.4 cm³/mol. The van der Waals surface area contributed by atoms with Crippen molar-refractivity contribution in [2.45, 2.75) is 61.3 Å². The summed E-state index contributed by atoms with van der Waals surface area (Å²) in [5.74, 6) is 0. The lowest BCUT2D eigenvalue weighted by Crippen LogP contribution is -2.23. The van der Waals surface area contributed by atoms with Crippen LogP contribution >= 0.6 is 0 Å². The molecule has 0 heterocycles. The van der Waals surface area contributed by atoms with Crippen molar-refractivity contribution in [2.24, 2.45) is 10.8 Å². The molecule has 17 heavy (non-hydrogen) atoms. The van der Waals surface area contributed by atoms with Gasteiger partial charge in [0.25, 0.3) is 0 Å². The van der Waals surface area contributed by atoms with E-state index in [2.05, 4.69) is 65.5 Å². The lowest BCUT2D eigenvalue weighted by atomic mass is 9.74. The second-order valence-corrected chi connectivity index (χ2v) is 7.06. The van der Waals surface area contributed by atoms with E-state index in [9.17, 15) is 0 Å². The first-order valence-electron chi connectivity index (χ1n) is 7.07. The summed E-state index contributed by atoms with van der Waals surface area (Å²) in [5, 5.41) is 0. The summed E-state index contributed by atoms with van der Waals surface area (Å²) < 4.78 is 0. The molecule has 0 aliphatic heterocycles. The van der Waals surface area contributed by atoms with Gasteiger partial charge < -0.3 is 4.90 Å². The smallest absolute Gasteiger partial charge is 0.0162 e. The zero-order valence-corrected chi connectivity index (χ0v) is 13.1. The Labute approximate surface area is 109 Å². The first-order chi connectivity index (χ1) is 7.70. The van der Waals surface area contributed by atoms with Gasteiger partial charge in [-0.15, -0.1) is 0 Å². The number of allylic oxidation sites excluding steroid dienone is 1. The fourth-order valence-electron chi connectivity index (χ4n) is 2.62. The highest BCUT2D eigenvalue weighted by atomic mass is 15.1. The first-order valence-corrected chi connectivity index (χ1v) is 7.07. The molecule has 0 saturated carbocycles. The number of hydrogen-bond acceptors (Lipinski definition) is 1. The van der Waals surface area contributed by atoms with Gasteiger partial charge in [0.05, 0.1) is 0 Å². The van der Waals surface area contributed by atoms with Crippen LogP contribution in [0.25, 0.3) is 0 Å². The van der Waals surface area contributed by atoms with E-state index in [4.69, 9.17) is 0 Å². The average molecular weight is 239 g/mol. The van der Waals surface area contributed by atoms with Gasteiger partial charge in [-0.05, 0) is 36.8 Å². The second kappa shape index (κ2) is 7.20. The highest BCUT2D eigenvalue weighted by Gasteiger charge is 2.23. The molecular weight excluding hydrogens is 206 g/mol. The normalized spacial score (nSPS) is 13.9. The third kappa shape index (κ3) is 9.41. The van der Waals surface area contributed by atoms with E-state index in [1.807, 2.05) is 0 Å². The SMILES string of the molecule is CCN(CC)C/C=C/CC(C)(C)CC(C)(C)C. The molecule has 0 aliphatic carbocycles. The second-order valence-electron chi connectivity index (χ2n) is 7.06. The number of likely N-dealkylation sites (N-methyl/N-ethyl adjacent to an activating group) is 1. The van der Waals surface area contributed by atoms with Gasteiger partial charge in [-0.3, -0.25) is 0 Å². The van der Waals surface area contributed by atoms with E-state index < -0.39 is 0 Å². The van der Waals surface area contributed by atoms with Crippen LogP contribution in [-0.2, 0) is 0 Å². The molecule has 0 aliphatic rings. The molecule has 0 rings (SSSR count). The van der Waals surface area contributed by atoms with Gasteiger partial charge in [0, 0.05) is 6.54 Å². The van der Waals surface area contributed by atoms with Crippen molar-refractivity contribution in [3.63, 3.8) is 0 Å². The Morgan fingerprint density at radius 2 is 1.41 bits per heavy atom. The molecule has 0 N–H and O–H groups in total. The molecule has 102 valence electrons. The maximum atomic E-state index is 2.44. The molecule has 0 fully saturated rings. The Balaban J connectivity index is 4.04. The standard InChI is InChI=1S/C16H33N/c1-8-17(9-2)13-11-10-12-16(6,7)14-15(3,4)5/h10-11H,8-9,12-14H2,1-7H3/b11-10+. The minimum atomic E-state index is 0.415. The molecule has 0 amide bonds. The Morgan fingerprint density at radius 3 is 1.82 bits per heavy atom. The predicted octanol–water partition coefficient (Wildman–Crippen LogP) is 4.74. The van der Waals surface area contributed by atoms with Crippen molar-refractivity contribution in [3.05, 3.63) is 12.2 Å². The van der Waals surface area contributed by atoms with Crippen LogP contribution in [0, 0.1) is 10.8 Å². The molecule has 0 spiro atoms. The molecule has 0 aromatic heterocycles. The van der Waals surface area contributed by atoms with Crippen LogP contribution in [0.1, 0.15) is 61.3 Å². The lowest BCUT2D eigenvalue weighted by molar-refractivity contribution is 0.214. The number of hydrogen-bond donors (Lipinski definition) is 0. The lowest BCUT2D eigenvalue weighted by Gasteiger charge is -2.31. The van der Waals surface area contributed by atoms with Crippen LogP contribution in [0.2, 0.25) is 0 Å². The highest BCUT2D eigenvalue weighted by molar-refractivity contribution is 4.90. The van der Waals surface area contributed by atoms with Crippen molar-refractivity contribution in [1.82, 2.24) is 4.90 Å². The van der Waals surface area contributed by atoms with E-state index in [1.165, 1.54) is 12.8 Å². The molecule has 0 aromatic rings. The minimum Gasteiger partial charge on any atom is -0.300 e. The Hall–Kier alpha value is -0.300. The van der Waals surface area contributed by atoms with Crippen LogP contribution in [0.3, 0.4) is 0 Å². The third-order valence-corrected chi connectivity index (χ3v) is 3.10. The summed E-state index contributed by atoms with van der Waals surface area (Å²) in [4.78, 5) is 2.44. The van der Waals surface area contributed by atoms with Gasteiger partial charge in [-0.25, -0.2) is 0 Å². The molecule has 0 bridgehead atoms. The molecule has 1 heteroatoms. The minimum absolute atomic E-state index is 0.415. The van der Waals surface area contributed by atoms with E-state index >= 15 is 0 Å². The van der Waals surface area contributed by atoms with Crippen molar-refractivity contribution in [2.75, 3.05) is 19.6 Å². The molecule has 0 aromatic carbocycles. The van der Waals surface area contributed by atoms with E-state index in [1.54, 1.807) is 0 Å². The van der Waals surface area contributed by atoms with Gasteiger partial charge in [-0.1, -0.05) is 60.6 Å². The van der Waals surface area contributed by atoms with Crippen LogP contribution in [-0.4, -0.2) is 24.5 Å². The Kier molecular flexibility index (Phi) is 7.08. The van der Waals surface area contributed by atoms with Gasteiger partial charge in [-0.2, -0.15) is 0 Å². The van der Waals surface area contributed by atoms with Crippen molar-refractivity contribution >= 4 is 0 Å². The van der Waals surface area contributed by atoms with E-state index in [0.29, 0.717) is 10.8 Å². The molecular formula is C16H33N. The molecule has 0 radical (unpaired) electrons. The van der Waals surface area contributed by atoms with Crippen molar-refractivity contribution in [3.8, 4) is 0 Å². The maximum Gasteiger partial charge on any atom is 0.0162 e. The van der Waals surface area contributed by atoms with Crippen LogP contribution in [0.15, 0.2) is 12.2 Å². The Morgan fingerprint density at radius 1 is 0.882 bits per heavy atom. The van der Waals surface area contributed by atoms with Gasteiger partial charge in [0.2, 0.25) is 0 Å². The quantitative estimate of drug-likeness (QED) is 0.580. The van der Waals surface area contributed by atoms with Gasteiger partial charge in [0.15, 0.2) is 0 Å². The summed E-state index contributed by atoms with van der Waals surface area (Å²) in [7, 11) is 0. The third-order valence-electron chi connectivity index (χ3n) is 3.10. The van der Waals surface area contributed by atoms with Crippen LogP contribution in [0.4, 0.5) is 0 Å². The monoisotopic (exact) mass is 239 g/mol. The van der Waals surface area contributed by atoms with Crippen LogP contribution < -0.4 is 0 Å². The summed E-state index contributed by atoms with van der Waals surface area (Å²) in [5.41, 5.74) is 0.841. The largest absolute Gasteiger partial charge is 0.300 e. The van der Waals surface area contributed by atoms with E-state index in [0.717, 1.165) is 19.6 Å². The van der Waals surface area contributed by atoms with Gasteiger partial charge >= 0.3 is 0 Å². The Bertz CT molecular complexity index is 216. The molecule has 0 unspecified atom stereocenters. The van der Waals surface area contributed by atoms with Crippen molar-refractivity contribution in [1.29, 1.82) is 0 Å². The molecule has 1 nitrogen and oxygen atoms in total. The summed E-state index contributed by atoms with van der Waals surface area (Å²) in [6.45, 7) is 19.6. The number of nitrogens with zero attached hydrogens (tertiary/aromatic N) is 1. The zero-order chi connectivity index (χ0) is 13.5. The summed E-state index contributed by atoms with van der Waals surface area (Å²) >= 11 is 0. The maximum absolute atomic E-state index is 2.44. The summed E-state index contributed by atoms with van der Waals surface area (Å²) in [6.07, 6.45) is 7.16. The van der Waals surface area contributed by atoms with Crippen molar-refractivity contribution < 1.29 is 0 Å².